The van der Waals surface area contributed by atoms with Gasteiger partial charge >= 0.3 is 0 Å². The van der Waals surface area contributed by atoms with E-state index < -0.39 is 0 Å². The first-order valence-electron chi connectivity index (χ1n) is 9.20. The Labute approximate surface area is 143 Å². The summed E-state index contributed by atoms with van der Waals surface area (Å²) in [7, 11) is 0. The van der Waals surface area contributed by atoms with Crippen molar-refractivity contribution in [2.75, 3.05) is 24.5 Å². The Bertz CT molecular complexity index is 737. The molecule has 4 heteroatoms. The molecule has 1 aromatic carbocycles. The van der Waals surface area contributed by atoms with E-state index in [1.165, 1.54) is 38.3 Å². The van der Waals surface area contributed by atoms with Crippen molar-refractivity contribution in [3.05, 3.63) is 35.8 Å². The normalized spacial score (nSPS) is 23.3. The molecular formula is C20H26FN3. The zero-order valence-corrected chi connectivity index (χ0v) is 14.6. The molecule has 0 amide bonds. The maximum atomic E-state index is 14.1. The third-order valence-corrected chi connectivity index (χ3v) is 5.78. The SMILES string of the molecule is Cc1cc(N2CCC(N3CCCC3C)CC2)c2cccc(F)c2n1. The number of likely N-dealkylation sites (tertiary alicyclic amines) is 1. The number of fused-ring (bicyclic) bond motifs is 1. The smallest absolute Gasteiger partial charge is 0.149 e. The maximum Gasteiger partial charge on any atom is 0.149 e. The van der Waals surface area contributed by atoms with Crippen molar-refractivity contribution in [1.82, 2.24) is 9.88 Å². The van der Waals surface area contributed by atoms with Gasteiger partial charge in [0.2, 0.25) is 0 Å². The number of hydrogen-bond donors (Lipinski definition) is 0. The van der Waals surface area contributed by atoms with Gasteiger partial charge in [-0.05, 0) is 58.2 Å². The molecule has 128 valence electrons. The Balaban J connectivity index is 1.58. The van der Waals surface area contributed by atoms with Gasteiger partial charge < -0.3 is 4.90 Å². The van der Waals surface area contributed by atoms with Crippen LogP contribution in [-0.2, 0) is 0 Å². The standard InChI is InChI=1S/C20H26FN3/c1-14-13-19(17-6-3-7-18(21)20(17)22-14)23-11-8-16(9-12-23)24-10-4-5-15(24)2/h3,6-7,13,15-16H,4-5,8-12H2,1-2H3. The van der Waals surface area contributed by atoms with Crippen LogP contribution in [0.5, 0.6) is 0 Å². The van der Waals surface area contributed by atoms with Crippen LogP contribution in [0, 0.1) is 12.7 Å². The van der Waals surface area contributed by atoms with Crippen LogP contribution in [0.15, 0.2) is 24.3 Å². The molecule has 24 heavy (non-hydrogen) atoms. The molecule has 2 aliphatic rings. The van der Waals surface area contributed by atoms with Crippen molar-refractivity contribution in [2.45, 2.75) is 51.6 Å². The maximum absolute atomic E-state index is 14.1. The summed E-state index contributed by atoms with van der Waals surface area (Å²) in [5.74, 6) is -0.224. The second-order valence-corrected chi connectivity index (χ2v) is 7.37. The summed E-state index contributed by atoms with van der Waals surface area (Å²) in [5, 5.41) is 0.939. The predicted molar refractivity (Wildman–Crippen MR) is 97.1 cm³/mol. The third kappa shape index (κ3) is 2.77. The van der Waals surface area contributed by atoms with Crippen molar-refractivity contribution in [1.29, 1.82) is 0 Å². The number of para-hydroxylation sites is 1. The zero-order chi connectivity index (χ0) is 16.7. The number of piperidine rings is 1. The fourth-order valence-corrected chi connectivity index (χ4v) is 4.52. The van der Waals surface area contributed by atoms with Gasteiger partial charge in [-0.15, -0.1) is 0 Å². The van der Waals surface area contributed by atoms with Gasteiger partial charge in [-0.25, -0.2) is 9.37 Å². The Kier molecular flexibility index (Phi) is 4.17. The van der Waals surface area contributed by atoms with Crippen LogP contribution in [0.4, 0.5) is 10.1 Å². The highest BCUT2D eigenvalue weighted by molar-refractivity contribution is 5.92. The van der Waals surface area contributed by atoms with Crippen molar-refractivity contribution >= 4 is 16.6 Å². The molecule has 0 spiro atoms. The zero-order valence-electron chi connectivity index (χ0n) is 14.6. The van der Waals surface area contributed by atoms with E-state index >= 15 is 0 Å². The molecule has 0 saturated carbocycles. The van der Waals surface area contributed by atoms with E-state index in [1.807, 2.05) is 13.0 Å². The lowest BCUT2D eigenvalue weighted by molar-refractivity contribution is 0.163. The van der Waals surface area contributed by atoms with Gasteiger partial charge in [0.25, 0.3) is 0 Å². The molecule has 0 aliphatic carbocycles. The van der Waals surface area contributed by atoms with Crippen LogP contribution in [-0.4, -0.2) is 41.6 Å². The van der Waals surface area contributed by atoms with Crippen LogP contribution in [0.25, 0.3) is 10.9 Å². The number of nitrogens with zero attached hydrogens (tertiary/aromatic N) is 3. The molecule has 2 aromatic rings. The first-order chi connectivity index (χ1) is 11.6. The lowest BCUT2D eigenvalue weighted by Crippen LogP contribution is -2.46. The molecule has 0 N–H and O–H groups in total. The fraction of sp³-hybridized carbons (Fsp3) is 0.550. The van der Waals surface area contributed by atoms with E-state index in [0.717, 1.165) is 35.9 Å². The minimum absolute atomic E-state index is 0.224. The minimum atomic E-state index is -0.224. The second-order valence-electron chi connectivity index (χ2n) is 7.37. The Morgan fingerprint density at radius 3 is 2.62 bits per heavy atom. The lowest BCUT2D eigenvalue weighted by Gasteiger charge is -2.40. The van der Waals surface area contributed by atoms with Crippen molar-refractivity contribution < 1.29 is 4.39 Å². The van der Waals surface area contributed by atoms with Gasteiger partial charge in [-0.3, -0.25) is 4.90 Å². The van der Waals surface area contributed by atoms with Crippen molar-refractivity contribution in [3.63, 3.8) is 0 Å². The summed E-state index contributed by atoms with van der Waals surface area (Å²) in [6, 6.07) is 8.84. The Hall–Kier alpha value is -1.68. The second kappa shape index (κ2) is 6.32. The molecule has 1 unspecified atom stereocenters. The number of benzene rings is 1. The van der Waals surface area contributed by atoms with Crippen LogP contribution in [0.2, 0.25) is 0 Å². The van der Waals surface area contributed by atoms with Crippen LogP contribution < -0.4 is 4.90 Å². The molecular weight excluding hydrogens is 301 g/mol. The number of hydrogen-bond acceptors (Lipinski definition) is 3. The molecule has 0 bridgehead atoms. The van der Waals surface area contributed by atoms with E-state index in [2.05, 4.69) is 27.8 Å². The molecule has 3 heterocycles. The van der Waals surface area contributed by atoms with Crippen LogP contribution in [0.1, 0.15) is 38.3 Å². The summed E-state index contributed by atoms with van der Waals surface area (Å²) >= 11 is 0. The highest BCUT2D eigenvalue weighted by Crippen LogP contribution is 2.32. The van der Waals surface area contributed by atoms with Gasteiger partial charge in [0, 0.05) is 41.9 Å². The quantitative estimate of drug-likeness (QED) is 0.826. The molecule has 4 rings (SSSR count). The molecule has 1 aromatic heterocycles. The van der Waals surface area contributed by atoms with E-state index in [1.54, 1.807) is 6.07 Å². The average Bonchev–Trinajstić information content (AvgIpc) is 3.01. The third-order valence-electron chi connectivity index (χ3n) is 5.78. The molecule has 2 saturated heterocycles. The molecule has 3 nitrogen and oxygen atoms in total. The summed E-state index contributed by atoms with van der Waals surface area (Å²) in [6.07, 6.45) is 5.08. The van der Waals surface area contributed by atoms with Crippen LogP contribution in [0.3, 0.4) is 0 Å². The van der Waals surface area contributed by atoms with Gasteiger partial charge in [-0.1, -0.05) is 12.1 Å². The number of rotatable bonds is 2. The van der Waals surface area contributed by atoms with Crippen molar-refractivity contribution in [3.8, 4) is 0 Å². The van der Waals surface area contributed by atoms with Gasteiger partial charge in [0.05, 0.1) is 0 Å². The first kappa shape index (κ1) is 15.8. The Morgan fingerprint density at radius 2 is 1.92 bits per heavy atom. The number of pyridine rings is 1. The number of anilines is 1. The van der Waals surface area contributed by atoms with Gasteiger partial charge in [0.15, 0.2) is 0 Å². The number of halogens is 1. The fourth-order valence-electron chi connectivity index (χ4n) is 4.52. The van der Waals surface area contributed by atoms with E-state index in [9.17, 15) is 4.39 Å². The predicted octanol–water partition coefficient (Wildman–Crippen LogP) is 4.14. The Morgan fingerprint density at radius 1 is 1.12 bits per heavy atom. The molecule has 0 radical (unpaired) electrons. The monoisotopic (exact) mass is 327 g/mol. The topological polar surface area (TPSA) is 19.4 Å². The lowest BCUT2D eigenvalue weighted by atomic mass is 10.0. The summed E-state index contributed by atoms with van der Waals surface area (Å²) in [6.45, 7) is 7.66. The molecule has 2 aliphatic heterocycles. The summed E-state index contributed by atoms with van der Waals surface area (Å²) < 4.78 is 14.1. The van der Waals surface area contributed by atoms with E-state index in [-0.39, 0.29) is 5.82 Å². The molecule has 2 fully saturated rings. The van der Waals surface area contributed by atoms with Crippen LogP contribution >= 0.6 is 0 Å². The number of aryl methyl sites for hydroxylation is 1. The average molecular weight is 327 g/mol. The minimum Gasteiger partial charge on any atom is -0.371 e. The summed E-state index contributed by atoms with van der Waals surface area (Å²) in [5.41, 5.74) is 2.53. The van der Waals surface area contributed by atoms with Crippen molar-refractivity contribution in [2.24, 2.45) is 0 Å². The van der Waals surface area contributed by atoms with Gasteiger partial charge in [-0.2, -0.15) is 0 Å². The van der Waals surface area contributed by atoms with E-state index in [0.29, 0.717) is 11.6 Å². The highest BCUT2D eigenvalue weighted by atomic mass is 19.1. The highest BCUT2D eigenvalue weighted by Gasteiger charge is 2.31. The van der Waals surface area contributed by atoms with E-state index in [4.69, 9.17) is 0 Å². The first-order valence-corrected chi connectivity index (χ1v) is 9.20. The molecule has 1 atom stereocenters. The number of aromatic nitrogens is 1. The summed E-state index contributed by atoms with van der Waals surface area (Å²) in [4.78, 5) is 9.53. The van der Waals surface area contributed by atoms with Gasteiger partial charge in [0.1, 0.15) is 11.3 Å². The largest absolute Gasteiger partial charge is 0.371 e.